The number of hydrogen-bond acceptors (Lipinski definition) is 3. The summed E-state index contributed by atoms with van der Waals surface area (Å²) in [6.07, 6.45) is 1.67. The molecule has 4 aromatic rings. The van der Waals surface area contributed by atoms with Crippen molar-refractivity contribution in [1.82, 2.24) is 10.2 Å². The first-order valence-electron chi connectivity index (χ1n) is 11.2. The predicted molar refractivity (Wildman–Crippen MR) is 133 cm³/mol. The molecule has 0 unspecified atom stereocenters. The Hall–Kier alpha value is -4.38. The van der Waals surface area contributed by atoms with Crippen molar-refractivity contribution in [3.05, 3.63) is 119 Å². The van der Waals surface area contributed by atoms with Gasteiger partial charge >= 0.3 is 6.03 Å². The van der Waals surface area contributed by atoms with Gasteiger partial charge in [-0.3, -0.25) is 9.69 Å². The van der Waals surface area contributed by atoms with E-state index in [2.05, 4.69) is 29.6 Å². The first kappa shape index (κ1) is 21.5. The summed E-state index contributed by atoms with van der Waals surface area (Å²) < 4.78 is 6.10. The maximum Gasteiger partial charge on any atom is 0.329 e. The van der Waals surface area contributed by atoms with Crippen LogP contribution in [0.3, 0.4) is 0 Å². The van der Waals surface area contributed by atoms with Crippen LogP contribution in [0, 0.1) is 6.92 Å². The summed E-state index contributed by atoms with van der Waals surface area (Å²) in [5.74, 6) is 0.290. The molecule has 1 saturated heterocycles. The molecule has 0 spiro atoms. The Kier molecular flexibility index (Phi) is 5.83. The number of urea groups is 1. The largest absolute Gasteiger partial charge is 0.488 e. The van der Waals surface area contributed by atoms with Crippen molar-refractivity contribution in [2.45, 2.75) is 20.1 Å². The van der Waals surface area contributed by atoms with Crippen molar-refractivity contribution >= 4 is 28.8 Å². The molecule has 1 fully saturated rings. The van der Waals surface area contributed by atoms with Crippen molar-refractivity contribution < 1.29 is 14.3 Å². The van der Waals surface area contributed by atoms with Gasteiger partial charge in [-0.25, -0.2) is 4.79 Å². The molecule has 1 aliphatic rings. The van der Waals surface area contributed by atoms with Crippen LogP contribution in [0.4, 0.5) is 4.79 Å². The number of hydrogen-bond donors (Lipinski definition) is 1. The van der Waals surface area contributed by atoms with Gasteiger partial charge in [-0.1, -0.05) is 84.4 Å². The van der Waals surface area contributed by atoms with Crippen molar-refractivity contribution in [2.75, 3.05) is 0 Å². The summed E-state index contributed by atoms with van der Waals surface area (Å²) in [7, 11) is 0. The standard InChI is InChI=1S/C29H24N2O3/c1-20-7-6-8-21(15-20)18-31-28(32)26(30-29(31)33)17-25-11-4-5-12-27(25)34-19-22-13-14-23-9-2-3-10-24(23)16-22/h2-17H,18-19H2,1H3,(H,30,33)/b26-17+. The van der Waals surface area contributed by atoms with E-state index >= 15 is 0 Å². The number of benzene rings is 4. The lowest BCUT2D eigenvalue weighted by Crippen LogP contribution is -2.30. The topological polar surface area (TPSA) is 58.6 Å². The van der Waals surface area contributed by atoms with E-state index in [4.69, 9.17) is 4.74 Å². The summed E-state index contributed by atoms with van der Waals surface area (Å²) in [6, 6.07) is 29.3. The minimum atomic E-state index is -0.424. The van der Waals surface area contributed by atoms with Crippen LogP contribution in [0.2, 0.25) is 0 Å². The van der Waals surface area contributed by atoms with Crippen molar-refractivity contribution in [1.29, 1.82) is 0 Å². The number of aryl methyl sites for hydroxylation is 1. The smallest absolute Gasteiger partial charge is 0.329 e. The van der Waals surface area contributed by atoms with Crippen LogP contribution in [-0.4, -0.2) is 16.8 Å². The van der Waals surface area contributed by atoms with Gasteiger partial charge in [-0.05, 0) is 47.0 Å². The Morgan fingerprint density at radius 3 is 2.47 bits per heavy atom. The number of nitrogens with one attached hydrogen (secondary N) is 1. The van der Waals surface area contributed by atoms with Gasteiger partial charge in [0.15, 0.2) is 0 Å². The molecule has 4 aromatic carbocycles. The second-order valence-electron chi connectivity index (χ2n) is 8.38. The first-order chi connectivity index (χ1) is 16.6. The fourth-order valence-electron chi connectivity index (χ4n) is 4.08. The second-order valence-corrected chi connectivity index (χ2v) is 8.38. The molecule has 168 valence electrons. The molecule has 1 N–H and O–H groups in total. The molecule has 1 aliphatic heterocycles. The number of imide groups is 1. The number of para-hydroxylation sites is 1. The lowest BCUT2D eigenvalue weighted by Gasteiger charge is -2.12. The molecule has 5 rings (SSSR count). The summed E-state index contributed by atoms with van der Waals surface area (Å²) in [5.41, 5.74) is 4.00. The number of carbonyl (C=O) groups excluding carboxylic acids is 2. The lowest BCUT2D eigenvalue weighted by molar-refractivity contribution is -0.123. The number of carbonyl (C=O) groups is 2. The maximum atomic E-state index is 13.0. The zero-order valence-corrected chi connectivity index (χ0v) is 18.8. The summed E-state index contributed by atoms with van der Waals surface area (Å²) >= 11 is 0. The van der Waals surface area contributed by atoms with Crippen LogP contribution in [0.25, 0.3) is 16.8 Å². The van der Waals surface area contributed by atoms with Gasteiger partial charge in [0.2, 0.25) is 0 Å². The van der Waals surface area contributed by atoms with Gasteiger partial charge in [0.05, 0.1) is 6.54 Å². The molecule has 5 heteroatoms. The Morgan fingerprint density at radius 1 is 0.824 bits per heavy atom. The van der Waals surface area contributed by atoms with E-state index in [1.165, 1.54) is 10.3 Å². The third-order valence-electron chi connectivity index (χ3n) is 5.81. The van der Waals surface area contributed by atoms with Crippen LogP contribution in [0.1, 0.15) is 22.3 Å². The van der Waals surface area contributed by atoms with E-state index in [1.54, 1.807) is 6.08 Å². The Balaban J connectivity index is 1.33. The zero-order valence-electron chi connectivity index (χ0n) is 18.8. The minimum absolute atomic E-state index is 0.226. The van der Waals surface area contributed by atoms with E-state index in [-0.39, 0.29) is 18.1 Å². The molecule has 0 atom stereocenters. The molecule has 0 radical (unpaired) electrons. The van der Waals surface area contributed by atoms with Crippen LogP contribution < -0.4 is 10.1 Å². The third-order valence-corrected chi connectivity index (χ3v) is 5.81. The molecular formula is C29H24N2O3. The van der Waals surface area contributed by atoms with Crippen LogP contribution >= 0.6 is 0 Å². The quantitative estimate of drug-likeness (QED) is 0.299. The summed E-state index contributed by atoms with van der Waals surface area (Å²) in [5, 5.41) is 5.04. The molecule has 0 saturated carbocycles. The fourth-order valence-corrected chi connectivity index (χ4v) is 4.08. The molecular weight excluding hydrogens is 424 g/mol. The summed E-state index contributed by atoms with van der Waals surface area (Å²) in [6.45, 7) is 2.60. The third kappa shape index (κ3) is 4.55. The van der Waals surface area contributed by atoms with Gasteiger partial charge in [-0.2, -0.15) is 0 Å². The average molecular weight is 449 g/mol. The van der Waals surface area contributed by atoms with Crippen molar-refractivity contribution in [2.24, 2.45) is 0 Å². The summed E-state index contributed by atoms with van der Waals surface area (Å²) in [4.78, 5) is 26.7. The number of fused-ring (bicyclic) bond motifs is 1. The molecule has 5 nitrogen and oxygen atoms in total. The predicted octanol–water partition coefficient (Wildman–Crippen LogP) is 5.82. The highest BCUT2D eigenvalue weighted by atomic mass is 16.5. The average Bonchev–Trinajstić information content (AvgIpc) is 3.11. The Labute approximate surface area is 198 Å². The number of amides is 3. The zero-order chi connectivity index (χ0) is 23.5. The first-order valence-corrected chi connectivity index (χ1v) is 11.2. The van der Waals surface area contributed by atoms with E-state index in [0.29, 0.717) is 12.4 Å². The maximum absolute atomic E-state index is 13.0. The monoisotopic (exact) mass is 448 g/mol. The van der Waals surface area contributed by atoms with Crippen molar-refractivity contribution in [3.8, 4) is 5.75 Å². The second kappa shape index (κ2) is 9.24. The normalized spacial score (nSPS) is 14.6. The van der Waals surface area contributed by atoms with Crippen LogP contribution in [0.15, 0.2) is 96.7 Å². The van der Waals surface area contributed by atoms with Crippen LogP contribution in [-0.2, 0) is 17.9 Å². The van der Waals surface area contributed by atoms with E-state index in [1.807, 2.05) is 73.7 Å². The Bertz CT molecular complexity index is 1420. The van der Waals surface area contributed by atoms with Gasteiger partial charge in [-0.15, -0.1) is 0 Å². The van der Waals surface area contributed by atoms with Gasteiger partial charge in [0, 0.05) is 5.56 Å². The number of nitrogens with zero attached hydrogens (tertiary/aromatic N) is 1. The number of ether oxygens (including phenoxy) is 1. The minimum Gasteiger partial charge on any atom is -0.488 e. The Morgan fingerprint density at radius 2 is 1.62 bits per heavy atom. The highest BCUT2D eigenvalue weighted by Crippen LogP contribution is 2.25. The van der Waals surface area contributed by atoms with Crippen molar-refractivity contribution in [3.63, 3.8) is 0 Å². The number of rotatable bonds is 6. The molecule has 34 heavy (non-hydrogen) atoms. The molecule has 0 bridgehead atoms. The van der Waals surface area contributed by atoms with Gasteiger partial charge in [0.1, 0.15) is 18.1 Å². The highest BCUT2D eigenvalue weighted by molar-refractivity contribution is 6.14. The lowest BCUT2D eigenvalue weighted by atomic mass is 10.1. The molecule has 3 amide bonds. The van der Waals surface area contributed by atoms with Crippen LogP contribution in [0.5, 0.6) is 5.75 Å². The van der Waals surface area contributed by atoms with E-state index in [0.717, 1.165) is 27.6 Å². The fraction of sp³-hybridized carbons (Fsp3) is 0.103. The van der Waals surface area contributed by atoms with Gasteiger partial charge in [0.25, 0.3) is 5.91 Å². The highest BCUT2D eigenvalue weighted by Gasteiger charge is 2.33. The molecule has 1 heterocycles. The van der Waals surface area contributed by atoms with Gasteiger partial charge < -0.3 is 10.1 Å². The molecule has 0 aliphatic carbocycles. The van der Waals surface area contributed by atoms with E-state index in [9.17, 15) is 9.59 Å². The SMILES string of the molecule is Cc1cccc(CN2C(=O)N/C(=C/c3ccccc3OCc3ccc4ccccc4c3)C2=O)c1. The van der Waals surface area contributed by atoms with E-state index < -0.39 is 6.03 Å². The molecule has 0 aromatic heterocycles.